The summed E-state index contributed by atoms with van der Waals surface area (Å²) in [7, 11) is 0. The SMILES string of the molecule is O=Cc1ccc(N2c3ccccc3N(c3ccccc3)c3ccccc32)cc1. The highest BCUT2D eigenvalue weighted by Crippen LogP contribution is 2.53. The second-order valence-electron chi connectivity index (χ2n) is 6.69. The van der Waals surface area contributed by atoms with Gasteiger partial charge >= 0.3 is 0 Å². The predicted molar refractivity (Wildman–Crippen MR) is 115 cm³/mol. The summed E-state index contributed by atoms with van der Waals surface area (Å²) in [6.45, 7) is 0. The lowest BCUT2D eigenvalue weighted by molar-refractivity contribution is 0.112. The van der Waals surface area contributed by atoms with Gasteiger partial charge in [0.15, 0.2) is 0 Å². The molecule has 0 radical (unpaired) electrons. The van der Waals surface area contributed by atoms with Crippen LogP contribution in [-0.4, -0.2) is 6.29 Å². The molecule has 4 aromatic carbocycles. The molecule has 134 valence electrons. The van der Waals surface area contributed by atoms with Crippen molar-refractivity contribution in [1.29, 1.82) is 0 Å². The van der Waals surface area contributed by atoms with Crippen LogP contribution in [0.1, 0.15) is 10.4 Å². The first kappa shape index (κ1) is 16.3. The first-order chi connectivity index (χ1) is 13.9. The molecule has 0 amide bonds. The van der Waals surface area contributed by atoms with Crippen molar-refractivity contribution in [2.24, 2.45) is 0 Å². The maximum absolute atomic E-state index is 11.1. The normalized spacial score (nSPS) is 12.3. The molecule has 0 N–H and O–H groups in total. The second kappa shape index (κ2) is 6.71. The first-order valence-corrected chi connectivity index (χ1v) is 9.25. The number of rotatable bonds is 3. The Hall–Kier alpha value is -3.85. The smallest absolute Gasteiger partial charge is 0.150 e. The molecule has 1 aliphatic heterocycles. The quantitative estimate of drug-likeness (QED) is 0.332. The Morgan fingerprint density at radius 3 is 1.29 bits per heavy atom. The maximum Gasteiger partial charge on any atom is 0.150 e. The van der Waals surface area contributed by atoms with E-state index in [1.165, 1.54) is 0 Å². The van der Waals surface area contributed by atoms with Crippen LogP contribution in [0.5, 0.6) is 0 Å². The van der Waals surface area contributed by atoms with Crippen LogP contribution >= 0.6 is 0 Å². The third-order valence-electron chi connectivity index (χ3n) is 5.03. The topological polar surface area (TPSA) is 23.6 Å². The van der Waals surface area contributed by atoms with Gasteiger partial charge in [-0.2, -0.15) is 0 Å². The van der Waals surface area contributed by atoms with E-state index in [1.54, 1.807) is 0 Å². The lowest BCUT2D eigenvalue weighted by Crippen LogP contribution is -2.23. The van der Waals surface area contributed by atoms with Gasteiger partial charge in [0.2, 0.25) is 0 Å². The molecule has 0 spiro atoms. The predicted octanol–water partition coefficient (Wildman–Crippen LogP) is 6.75. The number of benzene rings is 4. The van der Waals surface area contributed by atoms with Gasteiger partial charge in [0.25, 0.3) is 0 Å². The van der Waals surface area contributed by atoms with Crippen LogP contribution < -0.4 is 9.80 Å². The van der Waals surface area contributed by atoms with E-state index >= 15 is 0 Å². The Balaban J connectivity index is 1.76. The molecule has 3 heteroatoms. The summed E-state index contributed by atoms with van der Waals surface area (Å²) in [5, 5.41) is 0. The molecule has 5 rings (SSSR count). The number of anilines is 6. The Bertz CT molecular complexity index is 1090. The van der Waals surface area contributed by atoms with E-state index in [9.17, 15) is 4.79 Å². The van der Waals surface area contributed by atoms with Gasteiger partial charge in [0.05, 0.1) is 22.7 Å². The van der Waals surface area contributed by atoms with E-state index < -0.39 is 0 Å². The summed E-state index contributed by atoms with van der Waals surface area (Å²) < 4.78 is 0. The van der Waals surface area contributed by atoms with Gasteiger partial charge in [-0.3, -0.25) is 4.79 Å². The number of para-hydroxylation sites is 5. The summed E-state index contributed by atoms with van der Waals surface area (Å²) in [6.07, 6.45) is 0.874. The summed E-state index contributed by atoms with van der Waals surface area (Å²) in [6, 6.07) is 34.9. The number of aldehydes is 1. The molecule has 1 aliphatic rings. The molecule has 0 aromatic heterocycles. The number of carbonyl (C=O) groups is 1. The van der Waals surface area contributed by atoms with Crippen LogP contribution in [0.15, 0.2) is 103 Å². The summed E-state index contributed by atoms with van der Waals surface area (Å²) in [4.78, 5) is 15.6. The molecule has 0 fully saturated rings. The Morgan fingerprint density at radius 2 is 0.857 bits per heavy atom. The molecule has 0 atom stereocenters. The van der Waals surface area contributed by atoms with Crippen LogP contribution in [-0.2, 0) is 0 Å². The van der Waals surface area contributed by atoms with Gasteiger partial charge in [-0.15, -0.1) is 0 Å². The number of carbonyl (C=O) groups excluding carboxylic acids is 1. The van der Waals surface area contributed by atoms with E-state index in [-0.39, 0.29) is 0 Å². The van der Waals surface area contributed by atoms with Crippen molar-refractivity contribution in [1.82, 2.24) is 0 Å². The Kier molecular flexibility index (Phi) is 3.91. The molecule has 1 heterocycles. The molecule has 0 unspecified atom stereocenters. The summed E-state index contributed by atoms with van der Waals surface area (Å²) >= 11 is 0. The number of hydrogen-bond acceptors (Lipinski definition) is 3. The average Bonchev–Trinajstić information content (AvgIpc) is 2.78. The van der Waals surface area contributed by atoms with Crippen molar-refractivity contribution < 1.29 is 4.79 Å². The highest BCUT2D eigenvalue weighted by atomic mass is 16.1. The van der Waals surface area contributed by atoms with Gasteiger partial charge in [0.1, 0.15) is 6.29 Å². The molecular formula is C25H18N2O. The zero-order valence-electron chi connectivity index (χ0n) is 15.2. The fourth-order valence-corrected chi connectivity index (χ4v) is 3.78. The largest absolute Gasteiger partial charge is 0.306 e. The third kappa shape index (κ3) is 2.57. The number of fused-ring (bicyclic) bond motifs is 2. The van der Waals surface area contributed by atoms with Crippen molar-refractivity contribution in [3.63, 3.8) is 0 Å². The minimum atomic E-state index is 0.674. The fraction of sp³-hybridized carbons (Fsp3) is 0. The fourth-order valence-electron chi connectivity index (χ4n) is 3.78. The standard InChI is InChI=1S/C25H18N2O/c28-18-19-14-16-21(17-15-19)27-24-12-6-4-10-22(24)26(20-8-2-1-3-9-20)23-11-5-7-13-25(23)27/h1-18H. The summed E-state index contributed by atoms with van der Waals surface area (Å²) in [5.74, 6) is 0. The number of hydrogen-bond donors (Lipinski definition) is 0. The minimum Gasteiger partial charge on any atom is -0.306 e. The molecular weight excluding hydrogens is 344 g/mol. The lowest BCUT2D eigenvalue weighted by Gasteiger charge is -2.40. The second-order valence-corrected chi connectivity index (χ2v) is 6.69. The minimum absolute atomic E-state index is 0.674. The van der Waals surface area contributed by atoms with Crippen LogP contribution in [0.4, 0.5) is 34.1 Å². The van der Waals surface area contributed by atoms with Crippen LogP contribution in [0.3, 0.4) is 0 Å². The third-order valence-corrected chi connectivity index (χ3v) is 5.03. The molecule has 0 saturated carbocycles. The van der Waals surface area contributed by atoms with Gasteiger partial charge < -0.3 is 9.80 Å². The molecule has 0 saturated heterocycles. The summed E-state index contributed by atoms with van der Waals surface area (Å²) in [5.41, 5.74) is 7.26. The van der Waals surface area contributed by atoms with Gasteiger partial charge in [-0.1, -0.05) is 42.5 Å². The molecule has 0 aliphatic carbocycles. The van der Waals surface area contributed by atoms with Gasteiger partial charge in [-0.25, -0.2) is 0 Å². The number of nitrogens with zero attached hydrogens (tertiary/aromatic N) is 2. The van der Waals surface area contributed by atoms with Crippen LogP contribution in [0.2, 0.25) is 0 Å². The van der Waals surface area contributed by atoms with Crippen LogP contribution in [0.25, 0.3) is 0 Å². The van der Waals surface area contributed by atoms with E-state index in [4.69, 9.17) is 0 Å². The van der Waals surface area contributed by atoms with Crippen molar-refractivity contribution >= 4 is 40.4 Å². The average molecular weight is 362 g/mol. The van der Waals surface area contributed by atoms with Crippen molar-refractivity contribution in [3.8, 4) is 0 Å². The maximum atomic E-state index is 11.1. The van der Waals surface area contributed by atoms with E-state index in [0.29, 0.717) is 5.56 Å². The van der Waals surface area contributed by atoms with Gasteiger partial charge in [-0.05, 0) is 60.7 Å². The van der Waals surface area contributed by atoms with Crippen LogP contribution in [0, 0.1) is 0 Å². The van der Waals surface area contributed by atoms with Crippen molar-refractivity contribution in [2.75, 3.05) is 9.80 Å². The van der Waals surface area contributed by atoms with Crippen molar-refractivity contribution in [3.05, 3.63) is 109 Å². The molecule has 3 nitrogen and oxygen atoms in total. The Labute approximate surface area is 164 Å². The lowest BCUT2D eigenvalue weighted by atomic mass is 10.0. The van der Waals surface area contributed by atoms with Gasteiger partial charge in [0, 0.05) is 16.9 Å². The first-order valence-electron chi connectivity index (χ1n) is 9.25. The van der Waals surface area contributed by atoms with E-state index in [0.717, 1.165) is 40.4 Å². The molecule has 4 aromatic rings. The monoisotopic (exact) mass is 362 g/mol. The van der Waals surface area contributed by atoms with E-state index in [2.05, 4.69) is 82.6 Å². The highest BCUT2D eigenvalue weighted by molar-refractivity contribution is 6.01. The highest BCUT2D eigenvalue weighted by Gasteiger charge is 2.29. The zero-order valence-corrected chi connectivity index (χ0v) is 15.2. The molecule has 0 bridgehead atoms. The van der Waals surface area contributed by atoms with Crippen molar-refractivity contribution in [2.45, 2.75) is 0 Å². The molecule has 28 heavy (non-hydrogen) atoms. The Morgan fingerprint density at radius 1 is 0.464 bits per heavy atom. The van der Waals surface area contributed by atoms with E-state index in [1.807, 2.05) is 30.3 Å². The zero-order chi connectivity index (χ0) is 18.9.